The Morgan fingerprint density at radius 3 is 2.64 bits per heavy atom. The fraction of sp³-hybridized carbons (Fsp3) is 0.231. The molecule has 2 heterocycles. The second-order valence-corrected chi connectivity index (χ2v) is 4.57. The van der Waals surface area contributed by atoms with Crippen LogP contribution in [0.4, 0.5) is 8.78 Å². The molecule has 9 heteroatoms. The number of rotatable bonds is 5. The molecule has 0 saturated heterocycles. The predicted molar refractivity (Wildman–Crippen MR) is 72.4 cm³/mol. The Hall–Kier alpha value is -2.68. The van der Waals surface area contributed by atoms with Gasteiger partial charge in [0.05, 0.1) is 6.10 Å². The van der Waals surface area contributed by atoms with Crippen LogP contribution in [0.15, 0.2) is 30.3 Å². The van der Waals surface area contributed by atoms with E-state index in [0.29, 0.717) is 11.4 Å². The number of aromatic nitrogens is 6. The molecule has 0 saturated carbocycles. The summed E-state index contributed by atoms with van der Waals surface area (Å²) in [5, 5.41) is 19.3. The smallest absolute Gasteiger partial charge is 0.306 e. The quantitative estimate of drug-likeness (QED) is 0.735. The van der Waals surface area contributed by atoms with Gasteiger partial charge >= 0.3 is 6.08 Å². The molecule has 7 nitrogen and oxygen atoms in total. The number of H-pyrrole nitrogens is 1. The van der Waals surface area contributed by atoms with Crippen LogP contribution in [0.3, 0.4) is 0 Å². The number of benzene rings is 1. The summed E-state index contributed by atoms with van der Waals surface area (Å²) in [6.45, 7) is -0.898. The van der Waals surface area contributed by atoms with Gasteiger partial charge in [-0.25, -0.2) is 14.5 Å². The van der Waals surface area contributed by atoms with Crippen LogP contribution in [-0.2, 0) is 6.42 Å². The lowest BCUT2D eigenvalue weighted by Crippen LogP contribution is -2.13. The van der Waals surface area contributed by atoms with Crippen LogP contribution in [0.1, 0.15) is 5.82 Å². The molecule has 1 unspecified atom stereocenters. The van der Waals surface area contributed by atoms with Crippen molar-refractivity contribution in [2.24, 2.45) is 0 Å². The van der Waals surface area contributed by atoms with Gasteiger partial charge in [0.1, 0.15) is 6.67 Å². The molecule has 22 heavy (non-hydrogen) atoms. The fourth-order valence-corrected chi connectivity index (χ4v) is 1.95. The molecule has 0 fully saturated rings. The topological polar surface area (TPSA) is 92.5 Å². The van der Waals surface area contributed by atoms with Gasteiger partial charge in [-0.05, 0) is 0 Å². The highest BCUT2D eigenvalue weighted by Crippen LogP contribution is 2.19. The van der Waals surface area contributed by atoms with Crippen LogP contribution in [0.25, 0.3) is 17.3 Å². The van der Waals surface area contributed by atoms with Gasteiger partial charge < -0.3 is 5.11 Å². The lowest BCUT2D eigenvalue weighted by atomic mass is 10.2. The van der Waals surface area contributed by atoms with Crippen molar-refractivity contribution in [2.75, 3.05) is 6.67 Å². The van der Waals surface area contributed by atoms with Crippen LogP contribution >= 0.6 is 0 Å². The van der Waals surface area contributed by atoms with Gasteiger partial charge in [0, 0.05) is 12.0 Å². The van der Waals surface area contributed by atoms with Crippen molar-refractivity contribution in [1.29, 1.82) is 0 Å². The summed E-state index contributed by atoms with van der Waals surface area (Å²) in [5.74, 6) is 0.569. The zero-order valence-electron chi connectivity index (χ0n) is 11.3. The van der Waals surface area contributed by atoms with Crippen LogP contribution < -0.4 is 0 Å². The second-order valence-electron chi connectivity index (χ2n) is 4.57. The van der Waals surface area contributed by atoms with Crippen molar-refractivity contribution in [3.8, 4) is 17.3 Å². The van der Waals surface area contributed by atoms with E-state index < -0.39 is 18.9 Å². The Labute approximate surface area is 123 Å². The molecule has 0 aliphatic heterocycles. The van der Waals surface area contributed by atoms with Gasteiger partial charge in [-0.15, -0.1) is 10.2 Å². The van der Waals surface area contributed by atoms with E-state index >= 15 is 0 Å². The molecule has 0 radical (unpaired) electrons. The minimum Gasteiger partial charge on any atom is -0.390 e. The Balaban J connectivity index is 2.06. The lowest BCUT2D eigenvalue weighted by Gasteiger charge is -2.00. The number of halogens is 2. The third-order valence-corrected chi connectivity index (χ3v) is 2.92. The predicted octanol–water partition coefficient (Wildman–Crippen LogP) is 1.06. The molecule has 0 aliphatic carbocycles. The van der Waals surface area contributed by atoms with Crippen LogP contribution in [0, 0.1) is 6.08 Å². The van der Waals surface area contributed by atoms with E-state index in [1.54, 1.807) is 12.1 Å². The van der Waals surface area contributed by atoms with Crippen LogP contribution in [0.5, 0.6) is 0 Å². The molecule has 0 amide bonds. The minimum atomic E-state index is -1.19. The van der Waals surface area contributed by atoms with Crippen molar-refractivity contribution in [3.63, 3.8) is 0 Å². The molecule has 3 aromatic rings. The van der Waals surface area contributed by atoms with E-state index in [4.69, 9.17) is 0 Å². The highest BCUT2D eigenvalue weighted by molar-refractivity contribution is 5.56. The van der Waals surface area contributed by atoms with E-state index in [1.165, 1.54) is 4.68 Å². The third kappa shape index (κ3) is 2.84. The molecular weight excluding hydrogens is 294 g/mol. The largest absolute Gasteiger partial charge is 0.390 e. The van der Waals surface area contributed by atoms with Gasteiger partial charge in [-0.1, -0.05) is 30.3 Å². The summed E-state index contributed by atoms with van der Waals surface area (Å²) in [4.78, 5) is 7.83. The van der Waals surface area contributed by atoms with Crippen molar-refractivity contribution in [1.82, 2.24) is 29.9 Å². The number of aromatic amines is 1. The van der Waals surface area contributed by atoms with Crippen LogP contribution in [-0.4, -0.2) is 47.8 Å². The van der Waals surface area contributed by atoms with Crippen molar-refractivity contribution >= 4 is 0 Å². The summed E-state index contributed by atoms with van der Waals surface area (Å²) in [6, 6.07) is 9.04. The molecule has 2 N–H and O–H groups in total. The van der Waals surface area contributed by atoms with Crippen molar-refractivity contribution in [3.05, 3.63) is 42.2 Å². The standard InChI is InChI=1S/C13H12F2N6O/c14-7-9(22)6-10-16-11(8-4-2-1-3-5-8)21(20-10)13-17-12(15)18-19-13/h1-5,9,22H,6-7H2,(H,17,18,19). The van der Waals surface area contributed by atoms with E-state index in [1.807, 2.05) is 18.2 Å². The molecular formula is C13H12F2N6O. The van der Waals surface area contributed by atoms with Crippen LogP contribution in [0.2, 0.25) is 0 Å². The van der Waals surface area contributed by atoms with Gasteiger partial charge in [-0.3, -0.25) is 0 Å². The number of aliphatic hydroxyl groups excluding tert-OH is 1. The molecule has 0 aliphatic rings. The first-order valence-corrected chi connectivity index (χ1v) is 6.51. The first-order chi connectivity index (χ1) is 10.7. The van der Waals surface area contributed by atoms with Gasteiger partial charge in [0.25, 0.3) is 5.95 Å². The van der Waals surface area contributed by atoms with Gasteiger partial charge in [0.2, 0.25) is 0 Å². The monoisotopic (exact) mass is 306 g/mol. The fourth-order valence-electron chi connectivity index (χ4n) is 1.95. The zero-order valence-corrected chi connectivity index (χ0v) is 11.3. The lowest BCUT2D eigenvalue weighted by molar-refractivity contribution is 0.138. The molecule has 0 bridgehead atoms. The molecule has 3 rings (SSSR count). The maximum atomic E-state index is 13.0. The summed E-state index contributed by atoms with van der Waals surface area (Å²) < 4.78 is 26.7. The molecule has 1 aromatic carbocycles. The summed E-state index contributed by atoms with van der Waals surface area (Å²) in [6.07, 6.45) is -2.10. The first kappa shape index (κ1) is 14.3. The van der Waals surface area contributed by atoms with Gasteiger partial charge in [-0.2, -0.15) is 14.1 Å². The summed E-state index contributed by atoms with van der Waals surface area (Å²) >= 11 is 0. The Kier molecular flexibility index (Phi) is 3.88. The van der Waals surface area contributed by atoms with E-state index in [-0.39, 0.29) is 18.2 Å². The molecule has 114 valence electrons. The minimum absolute atomic E-state index is 0.0233. The average Bonchev–Trinajstić information content (AvgIpc) is 3.14. The van der Waals surface area contributed by atoms with E-state index in [0.717, 1.165) is 0 Å². The SMILES string of the molecule is OC(CF)Cc1nc(-c2ccccc2)n(-c2n[nH]c(F)n2)n1. The number of hydrogen-bond acceptors (Lipinski definition) is 5. The maximum Gasteiger partial charge on any atom is 0.306 e. The number of alkyl halides is 1. The molecule has 2 aromatic heterocycles. The summed E-state index contributed by atoms with van der Waals surface area (Å²) in [5.41, 5.74) is 0.709. The van der Waals surface area contributed by atoms with Gasteiger partial charge in [0.15, 0.2) is 11.6 Å². The molecule has 1 atom stereocenters. The normalized spacial score (nSPS) is 12.5. The maximum absolute atomic E-state index is 13.0. The van der Waals surface area contributed by atoms with E-state index in [9.17, 15) is 13.9 Å². The first-order valence-electron chi connectivity index (χ1n) is 6.51. The number of aliphatic hydroxyl groups is 1. The Bertz CT molecular complexity index is 757. The number of nitrogens with zero attached hydrogens (tertiary/aromatic N) is 5. The van der Waals surface area contributed by atoms with E-state index in [2.05, 4.69) is 25.3 Å². The Morgan fingerprint density at radius 2 is 2.00 bits per heavy atom. The highest BCUT2D eigenvalue weighted by Gasteiger charge is 2.18. The number of nitrogens with one attached hydrogen (secondary N) is 1. The summed E-state index contributed by atoms with van der Waals surface area (Å²) in [7, 11) is 0. The average molecular weight is 306 g/mol. The molecule has 0 spiro atoms. The Morgan fingerprint density at radius 1 is 1.23 bits per heavy atom. The third-order valence-electron chi connectivity index (χ3n) is 2.92. The number of hydrogen-bond donors (Lipinski definition) is 2. The van der Waals surface area contributed by atoms with Crippen molar-refractivity contribution < 1.29 is 13.9 Å². The van der Waals surface area contributed by atoms with Crippen molar-refractivity contribution in [2.45, 2.75) is 12.5 Å². The highest BCUT2D eigenvalue weighted by atomic mass is 19.1. The zero-order chi connectivity index (χ0) is 15.5. The second kappa shape index (κ2) is 5.98.